The molecule has 0 bridgehead atoms. The fourth-order valence-corrected chi connectivity index (χ4v) is 16.7. The van der Waals surface area contributed by atoms with E-state index in [9.17, 15) is 15.3 Å². The smallest absolute Gasteiger partial charge is 0.262 e. The van der Waals surface area contributed by atoms with Gasteiger partial charge in [0, 0.05) is 30.6 Å². The number of aliphatic hydroxyl groups excluding tert-OH is 3. The van der Waals surface area contributed by atoms with Gasteiger partial charge in [0.25, 0.3) is 8.32 Å². The molecule has 0 radical (unpaired) electrons. The van der Waals surface area contributed by atoms with Gasteiger partial charge in [0.1, 0.15) is 25.1 Å². The third-order valence-corrected chi connectivity index (χ3v) is 25.6. The minimum atomic E-state index is -3.33. The summed E-state index contributed by atoms with van der Waals surface area (Å²) in [6.45, 7) is 17.4. The van der Waals surface area contributed by atoms with Crippen molar-refractivity contribution >= 4 is 42.9 Å². The van der Waals surface area contributed by atoms with Gasteiger partial charge < -0.3 is 47.9 Å². The van der Waals surface area contributed by atoms with Crippen molar-refractivity contribution in [2.75, 3.05) is 27.4 Å². The van der Waals surface area contributed by atoms with Crippen LogP contribution < -0.4 is 34.1 Å². The van der Waals surface area contributed by atoms with Crippen LogP contribution in [-0.4, -0.2) is 59.4 Å². The van der Waals surface area contributed by atoms with E-state index in [1.54, 1.807) is 20.3 Å². The number of benzene rings is 7. The summed E-state index contributed by atoms with van der Waals surface area (Å²) in [5.74, 6) is 0.897. The van der Waals surface area contributed by atoms with Crippen LogP contribution in [0.25, 0.3) is 0 Å². The third kappa shape index (κ3) is 12.4. The third-order valence-electron chi connectivity index (χ3n) is 15.5. The second kappa shape index (κ2) is 24.5. The van der Waals surface area contributed by atoms with Gasteiger partial charge in [-0.1, -0.05) is 175 Å². The van der Waals surface area contributed by atoms with Crippen molar-refractivity contribution in [3.63, 3.8) is 0 Å². The van der Waals surface area contributed by atoms with Crippen LogP contribution in [0.4, 0.5) is 0 Å². The molecule has 77 heavy (non-hydrogen) atoms. The quantitative estimate of drug-likeness (QED) is 0.0565. The topological polar surface area (TPSA) is 125 Å². The highest BCUT2D eigenvalue weighted by molar-refractivity contribution is 9.10. The number of aliphatic hydroxyl groups is 3. The van der Waals surface area contributed by atoms with Crippen molar-refractivity contribution in [1.82, 2.24) is 0 Å². The zero-order chi connectivity index (χ0) is 55.1. The average molecular weight is 1140 g/mol. The average Bonchev–Trinajstić information content (AvgIpc) is 3.84. The molecule has 0 fully saturated rings. The van der Waals surface area contributed by atoms with E-state index in [1.165, 1.54) is 0 Å². The lowest BCUT2D eigenvalue weighted by molar-refractivity contribution is -0.0380. The normalized spacial score (nSPS) is 16.4. The SMILES string of the molecule is COc1cc([C@H]2Oc3c(OC)cc(C(O)[C@H](CO)[C@H](CO)[C@@H](O[Si](C)(C)C(C)(C)C)c4ccc(OCc5ccccc5)c(Br)c4)cc3[C@@H]2O[Si](c2ccccc2)(c2ccccc2)C(C)(C)C)ccc1OCc1ccccc1. The van der Waals surface area contributed by atoms with Crippen LogP contribution in [0.2, 0.25) is 23.2 Å². The van der Waals surface area contributed by atoms with Gasteiger partial charge in [-0.15, -0.1) is 0 Å². The van der Waals surface area contributed by atoms with E-state index in [-0.39, 0.29) is 5.04 Å². The van der Waals surface area contributed by atoms with E-state index < -0.39 is 71.1 Å². The molecule has 10 nitrogen and oxygen atoms in total. The van der Waals surface area contributed by atoms with Crippen molar-refractivity contribution in [2.45, 2.75) is 102 Å². The summed E-state index contributed by atoms with van der Waals surface area (Å²) in [5, 5.41) is 37.7. The minimum absolute atomic E-state index is 0.210. The molecule has 6 atom stereocenters. The van der Waals surface area contributed by atoms with E-state index >= 15 is 0 Å². The van der Waals surface area contributed by atoms with E-state index in [2.05, 4.69) is 119 Å². The Morgan fingerprint density at radius 1 is 0.571 bits per heavy atom. The van der Waals surface area contributed by atoms with Crippen molar-refractivity contribution in [3.05, 3.63) is 208 Å². The molecular weight excluding hydrogens is 1060 g/mol. The number of ether oxygens (including phenoxy) is 5. The number of hydrogen-bond donors (Lipinski definition) is 3. The molecule has 406 valence electrons. The summed E-state index contributed by atoms with van der Waals surface area (Å²) in [4.78, 5) is 0. The van der Waals surface area contributed by atoms with Gasteiger partial charge in [0.2, 0.25) is 0 Å². The van der Waals surface area contributed by atoms with E-state index in [4.69, 9.17) is 32.5 Å². The zero-order valence-electron chi connectivity index (χ0n) is 46.0. The number of hydrogen-bond acceptors (Lipinski definition) is 10. The lowest BCUT2D eigenvalue weighted by atomic mass is 9.79. The zero-order valence-corrected chi connectivity index (χ0v) is 49.6. The van der Waals surface area contributed by atoms with Crippen LogP contribution in [-0.2, 0) is 22.1 Å². The Morgan fingerprint density at radius 3 is 1.58 bits per heavy atom. The Hall–Kier alpha value is -5.75. The first-order chi connectivity index (χ1) is 36.8. The molecule has 7 aromatic rings. The first kappa shape index (κ1) is 57.4. The molecule has 0 saturated carbocycles. The number of rotatable bonds is 22. The Labute approximate surface area is 466 Å². The van der Waals surface area contributed by atoms with Crippen molar-refractivity contribution in [3.8, 4) is 28.7 Å². The molecular formula is C64H75BrO10Si2. The molecule has 0 amide bonds. The van der Waals surface area contributed by atoms with Crippen LogP contribution in [0.5, 0.6) is 28.7 Å². The summed E-state index contributed by atoms with van der Waals surface area (Å²) in [6.07, 6.45) is -3.57. The Kier molecular flexibility index (Phi) is 18.3. The van der Waals surface area contributed by atoms with E-state index in [0.29, 0.717) is 57.6 Å². The summed E-state index contributed by atoms with van der Waals surface area (Å²) >= 11 is 3.78. The minimum Gasteiger partial charge on any atom is -0.493 e. The summed E-state index contributed by atoms with van der Waals surface area (Å²) in [7, 11) is -2.70. The van der Waals surface area contributed by atoms with Gasteiger partial charge >= 0.3 is 0 Å². The lowest BCUT2D eigenvalue weighted by Gasteiger charge is -2.45. The summed E-state index contributed by atoms with van der Waals surface area (Å²) in [5.41, 5.74) is 4.73. The van der Waals surface area contributed by atoms with Gasteiger partial charge in [-0.2, -0.15) is 0 Å². The maximum Gasteiger partial charge on any atom is 0.262 e. The molecule has 1 aliphatic heterocycles. The molecule has 1 aliphatic rings. The fourth-order valence-electron chi connectivity index (χ4n) is 10.2. The van der Waals surface area contributed by atoms with Crippen LogP contribution >= 0.6 is 15.9 Å². The number of halogens is 1. The molecule has 7 aromatic carbocycles. The summed E-state index contributed by atoms with van der Waals surface area (Å²) < 4.78 is 48.0. The second-order valence-corrected chi connectivity index (χ2v) is 32.3. The van der Waals surface area contributed by atoms with E-state index in [1.807, 2.05) is 115 Å². The molecule has 1 heterocycles. The number of methoxy groups -OCH3 is 2. The molecule has 8 rings (SSSR count). The first-order valence-electron chi connectivity index (χ1n) is 26.4. The van der Waals surface area contributed by atoms with Crippen LogP contribution in [0.1, 0.15) is 99.3 Å². The highest BCUT2D eigenvalue weighted by atomic mass is 79.9. The highest BCUT2D eigenvalue weighted by Crippen LogP contribution is 2.56. The maximum atomic E-state index is 13.0. The number of fused-ring (bicyclic) bond motifs is 1. The van der Waals surface area contributed by atoms with Gasteiger partial charge in [0.15, 0.2) is 37.4 Å². The lowest BCUT2D eigenvalue weighted by Crippen LogP contribution is -2.67. The van der Waals surface area contributed by atoms with Crippen molar-refractivity contribution < 1.29 is 47.9 Å². The maximum absolute atomic E-state index is 13.0. The molecule has 1 unspecified atom stereocenters. The molecule has 0 aromatic heterocycles. The molecule has 0 aliphatic carbocycles. The van der Waals surface area contributed by atoms with Crippen LogP contribution in [0.3, 0.4) is 0 Å². The molecule has 3 N–H and O–H groups in total. The molecule has 0 spiro atoms. The monoisotopic (exact) mass is 1140 g/mol. The standard InChI is InChI=1S/C64H75BrO10Si2/c1-63(2,3)76(9,10)74-59(45-31-33-54(53(65)36-45)71-41-43-23-15-11-16-24-43)52(40-67)51(39-66)58(68)47-35-50-61(57(38-47)70-8)73-60(46-32-34-55(56(37-46)69-7)72-42-44-25-17-12-18-26-44)62(50)75-77(64(4,5)6,48-27-19-13-20-28-48)49-29-21-14-22-30-49/h11-38,51-52,58-60,62,66-68H,39-42H2,1-10H3/t51-,52+,58?,59+,60-,62+/m1/s1. The molecule has 0 saturated heterocycles. The fraction of sp³-hybridized carbons (Fsp3) is 0.344. The van der Waals surface area contributed by atoms with Gasteiger partial charge in [-0.25, -0.2) is 0 Å². The largest absolute Gasteiger partial charge is 0.493 e. The van der Waals surface area contributed by atoms with Crippen LogP contribution in [0, 0.1) is 11.8 Å². The van der Waals surface area contributed by atoms with Gasteiger partial charge in [0.05, 0.1) is 30.9 Å². The highest BCUT2D eigenvalue weighted by Gasteiger charge is 2.55. The molecule has 13 heteroatoms. The first-order valence-corrected chi connectivity index (χ1v) is 32.0. The predicted octanol–water partition coefficient (Wildman–Crippen LogP) is 13.4. The van der Waals surface area contributed by atoms with E-state index in [0.717, 1.165) is 32.6 Å². The predicted molar refractivity (Wildman–Crippen MR) is 314 cm³/mol. The van der Waals surface area contributed by atoms with Gasteiger partial charge in [-0.3, -0.25) is 0 Å². The Bertz CT molecular complexity index is 2980. The van der Waals surface area contributed by atoms with Crippen LogP contribution in [0.15, 0.2) is 174 Å². The van der Waals surface area contributed by atoms with Gasteiger partial charge in [-0.05, 0) is 114 Å². The van der Waals surface area contributed by atoms with Crippen molar-refractivity contribution in [1.29, 1.82) is 0 Å². The Morgan fingerprint density at radius 2 is 1.09 bits per heavy atom. The summed E-state index contributed by atoms with van der Waals surface area (Å²) in [6, 6.07) is 56.2. The second-order valence-electron chi connectivity index (χ2n) is 22.5. The van der Waals surface area contributed by atoms with Crippen molar-refractivity contribution in [2.24, 2.45) is 11.8 Å². The Balaban J connectivity index is 1.24.